The first-order chi connectivity index (χ1) is 11.1. The maximum Gasteiger partial charge on any atom is 0.0640 e. The van der Waals surface area contributed by atoms with Gasteiger partial charge in [-0.25, -0.2) is 0 Å². The topological polar surface area (TPSA) is 41.3 Å². The van der Waals surface area contributed by atoms with Crippen molar-refractivity contribution < 1.29 is 0 Å². The Morgan fingerprint density at radius 1 is 1.12 bits per heavy atom. The van der Waals surface area contributed by atoms with E-state index >= 15 is 0 Å². The molecule has 0 radical (unpaired) electrons. The highest BCUT2D eigenvalue weighted by Crippen LogP contribution is 2.34. The minimum Gasteiger partial charge on any atom is -0.328 e. The molecule has 1 atom stereocenters. The third kappa shape index (κ3) is 6.14. The lowest BCUT2D eigenvalue weighted by Gasteiger charge is -2.38. The van der Waals surface area contributed by atoms with Crippen LogP contribution in [-0.2, 0) is 0 Å². The number of nitrogens with zero attached hydrogens (tertiary/aromatic N) is 1. The third-order valence-corrected chi connectivity index (χ3v) is 6.24. The predicted molar refractivity (Wildman–Crippen MR) is 113 cm³/mol. The minimum atomic E-state index is 0. The Kier molecular flexibility index (Phi) is 10.4. The molecule has 1 unspecified atom stereocenters. The SMILES string of the molecule is Cl.Cl.NC1CCC(CCN2CCNCC2c2cccc(Cl)c2Cl)CC1. The highest BCUT2D eigenvalue weighted by atomic mass is 35.5. The Morgan fingerprint density at radius 2 is 1.84 bits per heavy atom. The van der Waals surface area contributed by atoms with E-state index in [0.717, 1.165) is 37.7 Å². The van der Waals surface area contributed by atoms with Gasteiger partial charge in [0.05, 0.1) is 10.0 Å². The van der Waals surface area contributed by atoms with Crippen LogP contribution in [0.5, 0.6) is 0 Å². The average molecular weight is 429 g/mol. The number of rotatable bonds is 4. The van der Waals surface area contributed by atoms with Gasteiger partial charge in [-0.1, -0.05) is 35.3 Å². The maximum absolute atomic E-state index is 6.46. The highest BCUT2D eigenvalue weighted by molar-refractivity contribution is 6.42. The third-order valence-electron chi connectivity index (χ3n) is 5.41. The fourth-order valence-electron chi connectivity index (χ4n) is 3.92. The van der Waals surface area contributed by atoms with Gasteiger partial charge in [0.15, 0.2) is 0 Å². The monoisotopic (exact) mass is 427 g/mol. The molecular formula is C18H29Cl4N3. The van der Waals surface area contributed by atoms with Gasteiger partial charge in [0.2, 0.25) is 0 Å². The van der Waals surface area contributed by atoms with Crippen LogP contribution in [0.1, 0.15) is 43.7 Å². The van der Waals surface area contributed by atoms with E-state index in [4.69, 9.17) is 28.9 Å². The molecule has 3 rings (SSSR count). The number of hydrogen-bond donors (Lipinski definition) is 2. The molecular weight excluding hydrogens is 400 g/mol. The molecule has 0 spiro atoms. The summed E-state index contributed by atoms with van der Waals surface area (Å²) in [4.78, 5) is 2.57. The zero-order valence-electron chi connectivity index (χ0n) is 14.4. The maximum atomic E-state index is 6.46. The van der Waals surface area contributed by atoms with E-state index < -0.39 is 0 Å². The summed E-state index contributed by atoms with van der Waals surface area (Å²) in [6.07, 6.45) is 6.22. The van der Waals surface area contributed by atoms with Crippen molar-refractivity contribution in [2.45, 2.75) is 44.2 Å². The summed E-state index contributed by atoms with van der Waals surface area (Å²) in [6, 6.07) is 6.72. The molecule has 0 amide bonds. The average Bonchev–Trinajstić information content (AvgIpc) is 2.57. The fourth-order valence-corrected chi connectivity index (χ4v) is 4.36. The lowest BCUT2D eigenvalue weighted by Crippen LogP contribution is -2.46. The first-order valence-corrected chi connectivity index (χ1v) is 9.55. The van der Waals surface area contributed by atoms with Crippen LogP contribution in [0.25, 0.3) is 0 Å². The molecule has 2 aliphatic rings. The molecule has 1 saturated carbocycles. The zero-order chi connectivity index (χ0) is 16.2. The van der Waals surface area contributed by atoms with Gasteiger partial charge in [0.1, 0.15) is 0 Å². The second kappa shape index (κ2) is 11.2. The number of benzene rings is 1. The summed E-state index contributed by atoms with van der Waals surface area (Å²) >= 11 is 12.7. The van der Waals surface area contributed by atoms with Gasteiger partial charge < -0.3 is 11.1 Å². The molecule has 1 heterocycles. The normalized spacial score (nSPS) is 27.2. The van der Waals surface area contributed by atoms with Crippen molar-refractivity contribution in [3.05, 3.63) is 33.8 Å². The van der Waals surface area contributed by atoms with Gasteiger partial charge in [-0.15, -0.1) is 24.8 Å². The summed E-state index contributed by atoms with van der Waals surface area (Å²) in [7, 11) is 0. The largest absolute Gasteiger partial charge is 0.328 e. The van der Waals surface area contributed by atoms with Crippen molar-refractivity contribution in [1.82, 2.24) is 10.2 Å². The van der Waals surface area contributed by atoms with Crippen molar-refractivity contribution in [2.24, 2.45) is 11.7 Å². The van der Waals surface area contributed by atoms with Crippen LogP contribution in [0.2, 0.25) is 10.0 Å². The fraction of sp³-hybridized carbons (Fsp3) is 0.667. The molecule has 2 fully saturated rings. The summed E-state index contributed by atoms with van der Waals surface area (Å²) in [5, 5.41) is 4.85. The lowest BCUT2D eigenvalue weighted by molar-refractivity contribution is 0.144. The van der Waals surface area contributed by atoms with Gasteiger partial charge in [-0.2, -0.15) is 0 Å². The lowest BCUT2D eigenvalue weighted by atomic mass is 9.84. The Morgan fingerprint density at radius 3 is 2.56 bits per heavy atom. The van der Waals surface area contributed by atoms with Crippen molar-refractivity contribution in [1.29, 1.82) is 0 Å². The molecule has 3 N–H and O–H groups in total. The highest BCUT2D eigenvalue weighted by Gasteiger charge is 2.27. The Balaban J connectivity index is 0.00000156. The molecule has 1 saturated heterocycles. The van der Waals surface area contributed by atoms with Crippen molar-refractivity contribution in [3.63, 3.8) is 0 Å². The van der Waals surface area contributed by atoms with Crippen LogP contribution in [0.4, 0.5) is 0 Å². The van der Waals surface area contributed by atoms with Gasteiger partial charge >= 0.3 is 0 Å². The van der Waals surface area contributed by atoms with Gasteiger partial charge in [0.25, 0.3) is 0 Å². The molecule has 0 aromatic heterocycles. The van der Waals surface area contributed by atoms with Gasteiger partial charge in [-0.05, 0) is 56.2 Å². The van der Waals surface area contributed by atoms with Crippen molar-refractivity contribution >= 4 is 48.0 Å². The van der Waals surface area contributed by atoms with E-state index in [1.54, 1.807) is 0 Å². The van der Waals surface area contributed by atoms with Crippen LogP contribution in [0.15, 0.2) is 18.2 Å². The van der Waals surface area contributed by atoms with E-state index in [1.165, 1.54) is 32.1 Å². The smallest absolute Gasteiger partial charge is 0.0640 e. The molecule has 1 aromatic rings. The van der Waals surface area contributed by atoms with E-state index in [-0.39, 0.29) is 24.8 Å². The van der Waals surface area contributed by atoms with Crippen LogP contribution >= 0.6 is 48.0 Å². The summed E-state index contributed by atoms with van der Waals surface area (Å²) in [6.45, 7) is 4.19. The van der Waals surface area contributed by atoms with Crippen molar-refractivity contribution in [2.75, 3.05) is 26.2 Å². The van der Waals surface area contributed by atoms with E-state index in [1.807, 2.05) is 12.1 Å². The van der Waals surface area contributed by atoms with Gasteiger partial charge in [0, 0.05) is 31.7 Å². The molecule has 1 aliphatic carbocycles. The van der Waals surface area contributed by atoms with E-state index in [0.29, 0.717) is 22.1 Å². The number of nitrogens with one attached hydrogen (secondary N) is 1. The van der Waals surface area contributed by atoms with E-state index in [9.17, 15) is 0 Å². The van der Waals surface area contributed by atoms with Crippen molar-refractivity contribution in [3.8, 4) is 0 Å². The number of piperazine rings is 1. The quantitative estimate of drug-likeness (QED) is 0.730. The zero-order valence-corrected chi connectivity index (χ0v) is 17.6. The van der Waals surface area contributed by atoms with Gasteiger partial charge in [-0.3, -0.25) is 4.90 Å². The second-order valence-corrected chi connectivity index (χ2v) is 7.75. The minimum absolute atomic E-state index is 0. The number of halogens is 4. The molecule has 144 valence electrons. The summed E-state index contributed by atoms with van der Waals surface area (Å²) in [5.41, 5.74) is 7.17. The molecule has 3 nitrogen and oxygen atoms in total. The number of nitrogens with two attached hydrogens (primary N) is 1. The molecule has 1 aliphatic heterocycles. The van der Waals surface area contributed by atoms with Crippen LogP contribution in [0, 0.1) is 5.92 Å². The Bertz CT molecular complexity index is 521. The predicted octanol–water partition coefficient (Wildman–Crippen LogP) is 4.69. The van der Waals surface area contributed by atoms with Crippen LogP contribution < -0.4 is 11.1 Å². The summed E-state index contributed by atoms with van der Waals surface area (Å²) in [5.74, 6) is 0.833. The standard InChI is InChI=1S/C18H27Cl2N3.2ClH/c19-16-3-1-2-15(18(16)20)17-12-22-9-11-23(17)10-8-13-4-6-14(21)7-5-13;;/h1-3,13-14,17,22H,4-12,21H2;2*1H. The molecule has 25 heavy (non-hydrogen) atoms. The number of hydrogen-bond acceptors (Lipinski definition) is 3. The molecule has 0 bridgehead atoms. The summed E-state index contributed by atoms with van der Waals surface area (Å²) < 4.78 is 0. The molecule has 1 aromatic carbocycles. The second-order valence-electron chi connectivity index (χ2n) is 6.97. The van der Waals surface area contributed by atoms with E-state index in [2.05, 4.69) is 16.3 Å². The Labute approximate surface area is 173 Å². The van der Waals surface area contributed by atoms with Crippen LogP contribution in [0.3, 0.4) is 0 Å². The first-order valence-electron chi connectivity index (χ1n) is 8.79. The molecule has 7 heteroatoms. The first kappa shape index (κ1) is 23.3. The van der Waals surface area contributed by atoms with Crippen LogP contribution in [-0.4, -0.2) is 37.1 Å². The Hall–Kier alpha value is 0.260.